The normalized spacial score (nSPS) is 12.7. The molecule has 4 aromatic carbocycles. The highest BCUT2D eigenvalue weighted by Gasteiger charge is 2.39. The van der Waals surface area contributed by atoms with E-state index in [-0.39, 0.29) is 22.5 Å². The van der Waals surface area contributed by atoms with Crippen LogP contribution in [0.3, 0.4) is 0 Å². The van der Waals surface area contributed by atoms with Crippen molar-refractivity contribution in [3.63, 3.8) is 0 Å². The third-order valence-corrected chi connectivity index (χ3v) is 15.1. The van der Waals surface area contributed by atoms with E-state index in [0.29, 0.717) is 42.8 Å². The summed E-state index contributed by atoms with van der Waals surface area (Å²) in [6.45, 7) is 12.7. The van der Waals surface area contributed by atoms with Gasteiger partial charge in [0.05, 0.1) is 22.8 Å². The first-order chi connectivity index (χ1) is 26.2. The Labute approximate surface area is 321 Å². The van der Waals surface area contributed by atoms with Crippen LogP contribution in [-0.4, -0.2) is 47.3 Å². The van der Waals surface area contributed by atoms with Gasteiger partial charge >= 0.3 is 11.8 Å². The number of rotatable bonds is 15. The molecule has 2 heterocycles. The van der Waals surface area contributed by atoms with Crippen molar-refractivity contribution >= 4 is 42.1 Å². The number of aromatic hydroxyl groups is 1. The van der Waals surface area contributed by atoms with E-state index >= 15 is 0 Å². The lowest BCUT2D eigenvalue weighted by molar-refractivity contribution is 0.182. The number of hydrogen-bond acceptors (Lipinski definition) is 7. The van der Waals surface area contributed by atoms with Crippen molar-refractivity contribution in [3.8, 4) is 16.9 Å². The van der Waals surface area contributed by atoms with Crippen molar-refractivity contribution in [2.24, 2.45) is 0 Å². The van der Waals surface area contributed by atoms with Gasteiger partial charge in [0, 0.05) is 30.1 Å². The van der Waals surface area contributed by atoms with Gasteiger partial charge < -0.3 is 29.4 Å². The Morgan fingerprint density at radius 3 is 2.42 bits per heavy atom. The molecule has 0 saturated carbocycles. The molecule has 6 aromatic rings. The summed E-state index contributed by atoms with van der Waals surface area (Å²) < 4.78 is 14.3. The second-order valence-electron chi connectivity index (χ2n) is 15.6. The van der Waals surface area contributed by atoms with Crippen molar-refractivity contribution in [1.82, 2.24) is 14.9 Å². The zero-order valence-corrected chi connectivity index (χ0v) is 33.1. The average Bonchev–Trinajstić information content (AvgIpc) is 3.45. The number of aromatic amines is 1. The fourth-order valence-electron chi connectivity index (χ4n) is 6.67. The van der Waals surface area contributed by atoms with E-state index in [1.54, 1.807) is 16.7 Å². The third kappa shape index (κ3) is 9.27. The Morgan fingerprint density at radius 2 is 1.67 bits per heavy atom. The molecule has 0 aliphatic rings. The number of H-pyrrole nitrogens is 1. The molecule has 0 aliphatic carbocycles. The number of phenolic OH excluding ortho intramolecular Hbond substituents is 1. The number of carbonyl (C=O) groups is 1. The molecule has 12 heteroatoms. The zero-order valence-electron chi connectivity index (χ0n) is 32.1. The third-order valence-electron chi connectivity index (χ3n) is 10.7. The van der Waals surface area contributed by atoms with Crippen LogP contribution < -0.4 is 21.9 Å². The Hall–Kier alpha value is -5.43. The zero-order chi connectivity index (χ0) is 39.3. The summed E-state index contributed by atoms with van der Waals surface area (Å²) in [5.41, 5.74) is 6.65. The monoisotopic (exact) mass is 762 g/mol. The molecule has 2 aromatic heterocycles. The second-order valence-corrected chi connectivity index (χ2v) is 20.3. The van der Waals surface area contributed by atoms with Crippen LogP contribution in [0.1, 0.15) is 56.4 Å². The van der Waals surface area contributed by atoms with E-state index in [2.05, 4.69) is 49.5 Å². The first kappa shape index (κ1) is 39.3. The smallest absolute Gasteiger partial charge is 0.419 e. The molecule has 0 radical (unpaired) electrons. The summed E-state index contributed by atoms with van der Waals surface area (Å²) in [6, 6.07) is 28.1. The number of aryl methyl sites for hydroxylation is 2. The van der Waals surface area contributed by atoms with Gasteiger partial charge in [-0.25, -0.2) is 9.59 Å². The molecule has 11 nitrogen and oxygen atoms in total. The second kappa shape index (κ2) is 16.5. The molecule has 1 atom stereocenters. The minimum absolute atomic E-state index is 0.0159. The molecule has 0 spiro atoms. The largest absolute Gasteiger partial charge is 0.506 e. The number of pyridine rings is 1. The summed E-state index contributed by atoms with van der Waals surface area (Å²) in [6.07, 6.45) is 1.55. The van der Waals surface area contributed by atoms with Crippen LogP contribution in [0.25, 0.3) is 33.1 Å². The van der Waals surface area contributed by atoms with E-state index in [1.165, 1.54) is 6.07 Å². The van der Waals surface area contributed by atoms with Crippen molar-refractivity contribution in [1.29, 1.82) is 0 Å². The Morgan fingerprint density at radius 1 is 0.927 bits per heavy atom. The van der Waals surface area contributed by atoms with Crippen LogP contribution in [0.5, 0.6) is 5.75 Å². The number of hydrogen-bond donors (Lipinski definition) is 5. The number of unbranched alkanes of at least 4 members (excludes halogenated alkanes) is 1. The topological polar surface area (TPSA) is 159 Å². The van der Waals surface area contributed by atoms with Gasteiger partial charge in [-0.05, 0) is 103 Å². The van der Waals surface area contributed by atoms with E-state index in [9.17, 15) is 24.6 Å². The predicted octanol–water partition coefficient (Wildman–Crippen LogP) is 8.82. The molecule has 0 aliphatic heterocycles. The van der Waals surface area contributed by atoms with E-state index in [0.717, 1.165) is 58.0 Å². The number of aromatic nitrogens is 2. The predicted molar refractivity (Wildman–Crippen MR) is 221 cm³/mol. The number of fused-ring (bicyclic) bond motifs is 2. The van der Waals surface area contributed by atoms with Crippen molar-refractivity contribution < 1.29 is 23.9 Å². The van der Waals surface area contributed by atoms with E-state index < -0.39 is 20.2 Å². The van der Waals surface area contributed by atoms with Gasteiger partial charge in [0.15, 0.2) is 13.9 Å². The number of amides is 1. The molecule has 6 rings (SSSR count). The number of benzene rings is 4. The highest BCUT2D eigenvalue weighted by atomic mass is 28.4. The number of carboxylic acid groups (broad SMARTS) is 1. The van der Waals surface area contributed by atoms with Gasteiger partial charge in [0.25, 0.3) is 0 Å². The molecule has 0 saturated heterocycles. The number of phenols is 1. The molecule has 288 valence electrons. The van der Waals surface area contributed by atoms with Crippen LogP contribution in [0.4, 0.5) is 10.5 Å². The number of anilines is 1. The van der Waals surface area contributed by atoms with Gasteiger partial charge in [-0.2, -0.15) is 0 Å². The first-order valence-electron chi connectivity index (χ1n) is 18.7. The number of oxazole rings is 1. The summed E-state index contributed by atoms with van der Waals surface area (Å²) in [4.78, 5) is 39.2. The lowest BCUT2D eigenvalue weighted by Crippen LogP contribution is -2.43. The molecular formula is C43H50N4O7Si. The van der Waals surface area contributed by atoms with E-state index in [1.807, 2.05) is 72.8 Å². The average molecular weight is 763 g/mol. The molecule has 0 fully saturated rings. The molecule has 5 N–H and O–H groups in total. The molecule has 1 amide bonds. The van der Waals surface area contributed by atoms with Crippen molar-refractivity contribution in [2.75, 3.05) is 18.4 Å². The Kier molecular flexibility index (Phi) is 11.8. The summed E-state index contributed by atoms with van der Waals surface area (Å²) in [5.74, 6) is -0.374. The SMILES string of the molecule is CC(C)(C)[Si](C)(C)O[C@H](CNCCc1ccc2c(c1)oc(=O)n2CCCCc1ccc(-c2ccccc2)c(NC(=O)O)c1)c1ccc(O)c2[nH]c(=O)ccc12. The number of nitrogens with zero attached hydrogens (tertiary/aromatic N) is 1. The van der Waals surface area contributed by atoms with Crippen molar-refractivity contribution in [3.05, 3.63) is 129 Å². The quantitative estimate of drug-likeness (QED) is 0.0513. The van der Waals surface area contributed by atoms with E-state index in [4.69, 9.17) is 8.84 Å². The molecular weight excluding hydrogens is 713 g/mol. The van der Waals surface area contributed by atoms with Crippen molar-refractivity contribution in [2.45, 2.75) is 77.2 Å². The minimum atomic E-state index is -2.21. The first-order valence-corrected chi connectivity index (χ1v) is 21.6. The Bertz CT molecular complexity index is 2410. The van der Waals surface area contributed by atoms with Gasteiger partial charge in [0.2, 0.25) is 5.56 Å². The number of nitrogens with one attached hydrogen (secondary N) is 3. The van der Waals surface area contributed by atoms with Gasteiger partial charge in [-0.15, -0.1) is 0 Å². The summed E-state index contributed by atoms with van der Waals surface area (Å²) in [5, 5.41) is 26.7. The highest BCUT2D eigenvalue weighted by Crippen LogP contribution is 2.41. The summed E-state index contributed by atoms with van der Waals surface area (Å²) >= 11 is 0. The lowest BCUT2D eigenvalue weighted by atomic mass is 9.99. The fourth-order valence-corrected chi connectivity index (χ4v) is 7.94. The summed E-state index contributed by atoms with van der Waals surface area (Å²) in [7, 11) is -2.21. The van der Waals surface area contributed by atoms with Crippen LogP contribution in [-0.2, 0) is 23.8 Å². The van der Waals surface area contributed by atoms with Crippen LogP contribution in [0, 0.1) is 0 Å². The van der Waals surface area contributed by atoms with Gasteiger partial charge in [0.1, 0.15) is 5.75 Å². The van der Waals surface area contributed by atoms with Crippen LogP contribution in [0.2, 0.25) is 18.1 Å². The lowest BCUT2D eigenvalue weighted by Gasteiger charge is -2.39. The molecule has 0 unspecified atom stereocenters. The minimum Gasteiger partial charge on any atom is -0.506 e. The van der Waals surface area contributed by atoms with Crippen LogP contribution >= 0.6 is 0 Å². The van der Waals surface area contributed by atoms with Crippen LogP contribution in [0.15, 0.2) is 105 Å². The standard InChI is InChI=1S/C43H50N4O7Si/c1-43(2,3)55(4,5)54-38(32-17-20-36(48)40-33(32)18-21-39(49)46-40)27-44-23-22-29-15-19-35-37(26-29)53-42(52)47(35)24-10-9-11-28-14-16-31(30-12-7-6-8-13-30)34(25-28)45-41(50)51/h6-8,12-21,25-26,38,44-45,48H,9-11,22-24,27H2,1-5H3,(H,46,49)(H,50,51)/t38-/m1/s1. The van der Waals surface area contributed by atoms with Gasteiger partial charge in [-0.1, -0.05) is 75.4 Å². The fraction of sp³-hybridized carbons (Fsp3) is 0.326. The maximum Gasteiger partial charge on any atom is 0.419 e. The highest BCUT2D eigenvalue weighted by molar-refractivity contribution is 6.74. The maximum absolute atomic E-state index is 12.9. The Balaban J connectivity index is 1.08. The maximum atomic E-state index is 12.9. The molecule has 55 heavy (non-hydrogen) atoms. The van der Waals surface area contributed by atoms with Gasteiger partial charge in [-0.3, -0.25) is 14.7 Å². The molecule has 0 bridgehead atoms.